The molecule has 2 aromatic heterocycles. The number of hydrogen-bond acceptors (Lipinski definition) is 9. The van der Waals surface area contributed by atoms with E-state index in [-0.39, 0.29) is 17.8 Å². The first-order valence-corrected chi connectivity index (χ1v) is 10.9. The molecule has 3 aromatic rings. The number of anilines is 1. The fourth-order valence-corrected chi connectivity index (χ4v) is 3.40. The minimum Gasteiger partial charge on any atom is -0.474 e. The molecule has 1 aliphatic rings. The molecule has 0 radical (unpaired) electrons. The second-order valence-corrected chi connectivity index (χ2v) is 8.28. The Labute approximate surface area is 191 Å². The maximum Gasteiger partial charge on any atom is 0.324 e. The Kier molecular flexibility index (Phi) is 6.81. The molecular weight excluding hydrogens is 427 g/mol. The van der Waals surface area contributed by atoms with E-state index in [2.05, 4.69) is 30.2 Å². The van der Waals surface area contributed by atoms with Gasteiger partial charge in [-0.2, -0.15) is 9.97 Å². The van der Waals surface area contributed by atoms with Gasteiger partial charge in [-0.3, -0.25) is 0 Å². The van der Waals surface area contributed by atoms with Crippen molar-refractivity contribution in [1.29, 1.82) is 0 Å². The minimum atomic E-state index is -0.302. The Balaban J connectivity index is 1.36. The number of nitrogens with zero attached hydrogens (tertiary/aromatic N) is 6. The van der Waals surface area contributed by atoms with Gasteiger partial charge in [-0.05, 0) is 31.5 Å². The normalized spacial score (nSPS) is 15.2. The quantitative estimate of drug-likeness (QED) is 0.385. The molecule has 0 amide bonds. The van der Waals surface area contributed by atoms with Gasteiger partial charge in [0.05, 0.1) is 11.3 Å². The number of rotatable bonds is 7. The second-order valence-electron chi connectivity index (χ2n) is 8.28. The molecule has 4 rings (SSSR count). The summed E-state index contributed by atoms with van der Waals surface area (Å²) in [6.07, 6.45) is 2.97. The van der Waals surface area contributed by atoms with Gasteiger partial charge in [-0.25, -0.2) is 9.37 Å². The van der Waals surface area contributed by atoms with E-state index < -0.39 is 0 Å². The van der Waals surface area contributed by atoms with Crippen molar-refractivity contribution in [1.82, 2.24) is 20.1 Å². The average Bonchev–Trinajstić information content (AvgIpc) is 3.31. The summed E-state index contributed by atoms with van der Waals surface area (Å²) in [7, 11) is 0. The number of benzene rings is 1. The number of halogens is 1. The zero-order chi connectivity index (χ0) is 23.4. The molecule has 1 fully saturated rings. The summed E-state index contributed by atoms with van der Waals surface area (Å²) in [5.74, 6) is 1.41. The summed E-state index contributed by atoms with van der Waals surface area (Å²) < 4.78 is 24.7. The maximum atomic E-state index is 13.1. The molecule has 1 saturated heterocycles. The van der Waals surface area contributed by atoms with Gasteiger partial charge < -0.3 is 19.0 Å². The predicted octanol–water partition coefficient (Wildman–Crippen LogP) is 4.28. The highest BCUT2D eigenvalue weighted by molar-refractivity contribution is 5.98. The summed E-state index contributed by atoms with van der Waals surface area (Å²) >= 11 is 0. The molecule has 1 aliphatic heterocycles. The van der Waals surface area contributed by atoms with E-state index in [1.54, 1.807) is 19.1 Å². The first kappa shape index (κ1) is 22.6. The van der Waals surface area contributed by atoms with E-state index in [1.165, 1.54) is 18.5 Å². The number of aromatic nitrogens is 4. The van der Waals surface area contributed by atoms with Gasteiger partial charge in [0.25, 0.3) is 5.88 Å². The molecule has 0 bridgehead atoms. The fourth-order valence-electron chi connectivity index (χ4n) is 3.40. The smallest absolute Gasteiger partial charge is 0.324 e. The maximum absolute atomic E-state index is 13.1. The molecule has 0 aliphatic carbocycles. The van der Waals surface area contributed by atoms with Crippen LogP contribution in [0.2, 0.25) is 0 Å². The van der Waals surface area contributed by atoms with Gasteiger partial charge in [0.15, 0.2) is 5.82 Å². The lowest BCUT2D eigenvalue weighted by molar-refractivity contribution is 0.159. The predicted molar refractivity (Wildman–Crippen MR) is 120 cm³/mol. The van der Waals surface area contributed by atoms with Crippen molar-refractivity contribution >= 4 is 11.7 Å². The van der Waals surface area contributed by atoms with Crippen LogP contribution in [0.25, 0.3) is 0 Å². The standard InChI is InChI=1S/C23H27FN6O3/c1-14(2)20-27-23(33-29-20)30-11-9-19(10-12-30)31-21-15(3)22(26-13-25-21)32-28-16(4)17-5-7-18(24)8-6-17/h5-8,13-14,19H,9-12H2,1-4H3/b28-16-. The third-order valence-electron chi connectivity index (χ3n) is 5.46. The molecule has 174 valence electrons. The van der Waals surface area contributed by atoms with Crippen molar-refractivity contribution in [2.24, 2.45) is 5.16 Å². The molecule has 0 atom stereocenters. The number of piperidine rings is 1. The average molecular weight is 455 g/mol. The van der Waals surface area contributed by atoms with Crippen molar-refractivity contribution in [2.75, 3.05) is 18.0 Å². The first-order valence-electron chi connectivity index (χ1n) is 10.9. The molecule has 1 aromatic carbocycles. The molecule has 10 heteroatoms. The lowest BCUT2D eigenvalue weighted by Gasteiger charge is -2.30. The van der Waals surface area contributed by atoms with Crippen molar-refractivity contribution in [3.05, 3.63) is 53.4 Å². The van der Waals surface area contributed by atoms with Gasteiger partial charge in [-0.1, -0.05) is 36.3 Å². The van der Waals surface area contributed by atoms with Gasteiger partial charge in [0.1, 0.15) is 18.2 Å². The molecule has 0 unspecified atom stereocenters. The largest absolute Gasteiger partial charge is 0.474 e. The third-order valence-corrected chi connectivity index (χ3v) is 5.46. The summed E-state index contributed by atoms with van der Waals surface area (Å²) in [6.45, 7) is 9.17. The third kappa shape index (κ3) is 5.44. The Morgan fingerprint density at radius 1 is 1.15 bits per heavy atom. The van der Waals surface area contributed by atoms with Gasteiger partial charge in [0.2, 0.25) is 5.88 Å². The summed E-state index contributed by atoms with van der Waals surface area (Å²) in [4.78, 5) is 20.5. The SMILES string of the molecule is C/C(=N/Oc1ncnc(OC2CCN(c3nc(C(C)C)no3)CC2)c1C)c1ccc(F)cc1. The van der Waals surface area contributed by atoms with Crippen molar-refractivity contribution in [3.63, 3.8) is 0 Å². The lowest BCUT2D eigenvalue weighted by Crippen LogP contribution is -2.38. The highest BCUT2D eigenvalue weighted by atomic mass is 19.1. The molecule has 0 spiro atoms. The molecular formula is C23H27FN6O3. The van der Waals surface area contributed by atoms with E-state index in [4.69, 9.17) is 14.1 Å². The highest BCUT2D eigenvalue weighted by Gasteiger charge is 2.26. The number of hydrogen-bond donors (Lipinski definition) is 0. The van der Waals surface area contributed by atoms with Gasteiger partial charge >= 0.3 is 6.01 Å². The zero-order valence-electron chi connectivity index (χ0n) is 19.2. The Morgan fingerprint density at radius 2 is 1.85 bits per heavy atom. The van der Waals surface area contributed by atoms with Crippen molar-refractivity contribution in [2.45, 2.75) is 52.6 Å². The van der Waals surface area contributed by atoms with Gasteiger partial charge in [0, 0.05) is 31.8 Å². The highest BCUT2D eigenvalue weighted by Crippen LogP contribution is 2.27. The van der Waals surface area contributed by atoms with E-state index >= 15 is 0 Å². The molecule has 0 N–H and O–H groups in total. The van der Waals surface area contributed by atoms with E-state index in [1.807, 2.05) is 20.8 Å². The first-order chi connectivity index (χ1) is 15.9. The lowest BCUT2D eigenvalue weighted by atomic mass is 10.1. The van der Waals surface area contributed by atoms with E-state index in [9.17, 15) is 4.39 Å². The van der Waals surface area contributed by atoms with Crippen LogP contribution in [0.3, 0.4) is 0 Å². The Hall–Kier alpha value is -3.56. The summed E-state index contributed by atoms with van der Waals surface area (Å²) in [5, 5.41) is 8.15. The van der Waals surface area contributed by atoms with Crippen LogP contribution in [-0.2, 0) is 0 Å². The second kappa shape index (κ2) is 9.93. The molecule has 0 saturated carbocycles. The van der Waals surface area contributed by atoms with Crippen LogP contribution in [-0.4, -0.2) is 45.0 Å². The topological polar surface area (TPSA) is 98.8 Å². The van der Waals surface area contributed by atoms with Crippen LogP contribution in [0.15, 0.2) is 40.3 Å². The number of ether oxygens (including phenoxy) is 1. The zero-order valence-corrected chi connectivity index (χ0v) is 19.2. The van der Waals surface area contributed by atoms with E-state index in [0.29, 0.717) is 34.9 Å². The van der Waals surface area contributed by atoms with E-state index in [0.717, 1.165) is 31.5 Å². The monoisotopic (exact) mass is 454 g/mol. The van der Waals surface area contributed by atoms with Crippen LogP contribution in [0.5, 0.6) is 11.8 Å². The summed E-state index contributed by atoms with van der Waals surface area (Å²) in [6, 6.07) is 6.60. The Morgan fingerprint density at radius 3 is 2.52 bits per heavy atom. The van der Waals surface area contributed by atoms with Crippen LogP contribution in [0.4, 0.5) is 10.4 Å². The Bertz CT molecular complexity index is 1110. The summed E-state index contributed by atoms with van der Waals surface area (Å²) in [5.41, 5.74) is 2.02. The molecule has 3 heterocycles. The van der Waals surface area contributed by atoms with Crippen LogP contribution in [0, 0.1) is 12.7 Å². The fraction of sp³-hybridized carbons (Fsp3) is 0.435. The van der Waals surface area contributed by atoms with Crippen LogP contribution in [0.1, 0.15) is 56.5 Å². The van der Waals surface area contributed by atoms with Crippen LogP contribution >= 0.6 is 0 Å². The van der Waals surface area contributed by atoms with Gasteiger partial charge in [-0.15, -0.1) is 0 Å². The minimum absolute atomic E-state index is 0.000330. The van der Waals surface area contributed by atoms with Crippen molar-refractivity contribution < 1.29 is 18.5 Å². The molecule has 9 nitrogen and oxygen atoms in total. The number of oxime groups is 1. The van der Waals surface area contributed by atoms with Crippen molar-refractivity contribution in [3.8, 4) is 11.8 Å². The molecule has 33 heavy (non-hydrogen) atoms. The van der Waals surface area contributed by atoms with Crippen LogP contribution < -0.4 is 14.5 Å².